The molecule has 3 unspecified atom stereocenters. The lowest BCUT2D eigenvalue weighted by Gasteiger charge is -2.47. The number of ether oxygens (including phenoxy) is 1. The van der Waals surface area contributed by atoms with Gasteiger partial charge in [0.2, 0.25) is 0 Å². The molecule has 2 aliphatic heterocycles. The number of piperazine rings is 1. The van der Waals surface area contributed by atoms with Crippen molar-refractivity contribution >= 4 is 6.09 Å². The second-order valence-corrected chi connectivity index (χ2v) is 8.34. The molecule has 0 aromatic heterocycles. The number of carbonyl (C=O) groups is 1. The minimum atomic E-state index is -0.529. The third-order valence-electron chi connectivity index (χ3n) is 4.85. The molecule has 2 aliphatic rings. The molecule has 1 aromatic carbocycles. The Morgan fingerprint density at radius 2 is 2.00 bits per heavy atom. The number of carbonyl (C=O) groups excluding carboxylic acids is 1. The zero-order valence-corrected chi connectivity index (χ0v) is 15.0. The first-order valence-corrected chi connectivity index (χ1v) is 8.65. The molecule has 1 N–H and O–H groups in total. The fourth-order valence-electron chi connectivity index (χ4n) is 4.04. The van der Waals surface area contributed by atoms with Crippen LogP contribution in [-0.2, 0) is 11.3 Å². The highest BCUT2D eigenvalue weighted by Gasteiger charge is 2.56. The fraction of sp³-hybridized carbons (Fsp3) is 0.632. The average Bonchev–Trinajstić information content (AvgIpc) is 2.61. The Labute approximate surface area is 144 Å². The van der Waals surface area contributed by atoms with E-state index in [4.69, 9.17) is 4.74 Å². The molecule has 2 saturated heterocycles. The Morgan fingerprint density at radius 3 is 2.58 bits per heavy atom. The summed E-state index contributed by atoms with van der Waals surface area (Å²) in [6, 6.07) is 10.1. The van der Waals surface area contributed by atoms with Crippen LogP contribution >= 0.6 is 0 Å². The van der Waals surface area contributed by atoms with Crippen LogP contribution in [0.2, 0.25) is 0 Å². The van der Waals surface area contributed by atoms with Crippen molar-refractivity contribution in [1.82, 2.24) is 9.80 Å². The first kappa shape index (κ1) is 17.2. The van der Waals surface area contributed by atoms with Crippen molar-refractivity contribution in [3.8, 4) is 0 Å². The number of hydrogen-bond acceptors (Lipinski definition) is 4. The average molecular weight is 332 g/mol. The maximum Gasteiger partial charge on any atom is 0.411 e. The Morgan fingerprint density at radius 1 is 1.33 bits per heavy atom. The molecule has 5 heteroatoms. The van der Waals surface area contributed by atoms with Crippen molar-refractivity contribution in [3.05, 3.63) is 35.9 Å². The molecule has 2 heterocycles. The summed E-state index contributed by atoms with van der Waals surface area (Å²) in [5.41, 5.74) is 0.332. The summed E-state index contributed by atoms with van der Waals surface area (Å²) in [4.78, 5) is 16.8. The van der Waals surface area contributed by atoms with Crippen LogP contribution in [-0.4, -0.2) is 57.4 Å². The van der Waals surface area contributed by atoms with Gasteiger partial charge in [0.25, 0.3) is 0 Å². The minimum absolute atomic E-state index is 0.206. The molecule has 1 aromatic rings. The van der Waals surface area contributed by atoms with Crippen LogP contribution in [0.3, 0.4) is 0 Å². The highest BCUT2D eigenvalue weighted by Crippen LogP contribution is 2.40. The van der Waals surface area contributed by atoms with Gasteiger partial charge in [-0.25, -0.2) is 4.79 Å². The molecular formula is C19H28N2O3. The van der Waals surface area contributed by atoms with E-state index in [1.807, 2.05) is 39.0 Å². The Hall–Kier alpha value is -1.59. The smallest absolute Gasteiger partial charge is 0.411 e. The van der Waals surface area contributed by atoms with Gasteiger partial charge in [-0.05, 0) is 39.7 Å². The van der Waals surface area contributed by atoms with Gasteiger partial charge in [-0.1, -0.05) is 30.3 Å². The van der Waals surface area contributed by atoms with Gasteiger partial charge in [0.15, 0.2) is 0 Å². The molecule has 5 nitrogen and oxygen atoms in total. The van der Waals surface area contributed by atoms with Crippen LogP contribution in [0.5, 0.6) is 0 Å². The lowest BCUT2D eigenvalue weighted by Crippen LogP contribution is -2.63. The number of nitrogens with zero attached hydrogens (tertiary/aromatic N) is 2. The van der Waals surface area contributed by atoms with Crippen molar-refractivity contribution in [2.24, 2.45) is 0 Å². The van der Waals surface area contributed by atoms with E-state index in [0.29, 0.717) is 13.0 Å². The molecule has 2 fully saturated rings. The Bertz CT molecular complexity index is 598. The van der Waals surface area contributed by atoms with Crippen molar-refractivity contribution in [3.63, 3.8) is 0 Å². The summed E-state index contributed by atoms with van der Waals surface area (Å²) in [7, 11) is 0. The zero-order chi connectivity index (χ0) is 17.5. The van der Waals surface area contributed by atoms with Gasteiger partial charge >= 0.3 is 6.09 Å². The summed E-state index contributed by atoms with van der Waals surface area (Å²) < 4.78 is 5.58. The Kier molecular flexibility index (Phi) is 4.34. The highest BCUT2D eigenvalue weighted by molar-refractivity contribution is 5.70. The maximum atomic E-state index is 12.7. The van der Waals surface area contributed by atoms with E-state index >= 15 is 0 Å². The third-order valence-corrected chi connectivity index (χ3v) is 4.85. The minimum Gasteiger partial charge on any atom is -0.444 e. The van der Waals surface area contributed by atoms with Crippen molar-refractivity contribution in [1.29, 1.82) is 0 Å². The predicted octanol–water partition coefficient (Wildman–Crippen LogP) is 2.63. The van der Waals surface area contributed by atoms with E-state index in [-0.39, 0.29) is 17.7 Å². The monoisotopic (exact) mass is 332 g/mol. The van der Waals surface area contributed by atoms with Gasteiger partial charge in [0.05, 0.1) is 17.7 Å². The number of likely N-dealkylation sites (tertiary alicyclic amines) is 1. The van der Waals surface area contributed by atoms with E-state index < -0.39 is 11.7 Å². The standard InChI is InChI=1S/C19H28N2O3/c1-18(2,3)24-17(23)21-15-12-20(11-14-8-6-5-7-9-14)13-19(21,4)10-16(15)22/h5-9,15-16,22H,10-13H2,1-4H3. The molecule has 0 aliphatic carbocycles. The topological polar surface area (TPSA) is 53.0 Å². The van der Waals surface area contributed by atoms with Crippen LogP contribution in [0.15, 0.2) is 30.3 Å². The molecular weight excluding hydrogens is 304 g/mol. The normalized spacial score (nSPS) is 30.5. The van der Waals surface area contributed by atoms with Gasteiger partial charge in [-0.15, -0.1) is 0 Å². The summed E-state index contributed by atoms with van der Waals surface area (Å²) in [6.07, 6.45) is -0.212. The van der Waals surface area contributed by atoms with Crippen molar-refractivity contribution in [2.45, 2.75) is 63.9 Å². The van der Waals surface area contributed by atoms with E-state index in [9.17, 15) is 9.90 Å². The predicted molar refractivity (Wildman–Crippen MR) is 92.6 cm³/mol. The number of aliphatic hydroxyl groups excluding tert-OH is 1. The van der Waals surface area contributed by atoms with E-state index in [0.717, 1.165) is 13.1 Å². The molecule has 0 radical (unpaired) electrons. The summed E-state index contributed by atoms with van der Waals surface area (Å²) >= 11 is 0. The van der Waals surface area contributed by atoms with Crippen LogP contribution < -0.4 is 0 Å². The Balaban J connectivity index is 1.76. The third kappa shape index (κ3) is 3.42. The number of fused-ring (bicyclic) bond motifs is 2. The zero-order valence-electron chi connectivity index (χ0n) is 15.0. The molecule has 24 heavy (non-hydrogen) atoms. The lowest BCUT2D eigenvalue weighted by atomic mass is 9.97. The summed E-state index contributed by atoms with van der Waals surface area (Å²) in [6.45, 7) is 9.92. The van der Waals surface area contributed by atoms with E-state index in [2.05, 4.69) is 24.0 Å². The molecule has 0 spiro atoms. The van der Waals surface area contributed by atoms with E-state index in [1.165, 1.54) is 5.56 Å². The quantitative estimate of drug-likeness (QED) is 0.904. The van der Waals surface area contributed by atoms with Crippen LogP contribution in [0.4, 0.5) is 4.79 Å². The lowest BCUT2D eigenvalue weighted by molar-refractivity contribution is -0.0357. The highest BCUT2D eigenvalue weighted by atomic mass is 16.6. The first-order chi connectivity index (χ1) is 11.2. The van der Waals surface area contributed by atoms with E-state index in [1.54, 1.807) is 4.90 Å². The van der Waals surface area contributed by atoms with Gasteiger partial charge < -0.3 is 9.84 Å². The molecule has 1 amide bonds. The first-order valence-electron chi connectivity index (χ1n) is 8.65. The van der Waals surface area contributed by atoms with Crippen LogP contribution in [0.25, 0.3) is 0 Å². The summed E-state index contributed by atoms with van der Waals surface area (Å²) in [5, 5.41) is 10.5. The fourth-order valence-corrected chi connectivity index (χ4v) is 4.04. The second-order valence-electron chi connectivity index (χ2n) is 8.34. The largest absolute Gasteiger partial charge is 0.444 e. The van der Waals surface area contributed by atoms with Crippen LogP contribution in [0, 0.1) is 0 Å². The SMILES string of the molecule is CC(C)(C)OC(=O)N1C2CN(Cc3ccccc3)CC1(C)CC2O. The molecule has 3 rings (SSSR count). The molecule has 0 saturated carbocycles. The van der Waals surface area contributed by atoms with Crippen LogP contribution in [0.1, 0.15) is 39.7 Å². The van der Waals surface area contributed by atoms with Gasteiger partial charge in [0.1, 0.15) is 5.60 Å². The molecule has 2 bridgehead atoms. The number of benzene rings is 1. The molecule has 132 valence electrons. The van der Waals surface area contributed by atoms with Crippen molar-refractivity contribution < 1.29 is 14.6 Å². The van der Waals surface area contributed by atoms with Crippen molar-refractivity contribution in [2.75, 3.05) is 13.1 Å². The number of rotatable bonds is 2. The van der Waals surface area contributed by atoms with Gasteiger partial charge in [-0.3, -0.25) is 9.80 Å². The maximum absolute atomic E-state index is 12.7. The van der Waals surface area contributed by atoms with Gasteiger partial charge in [0, 0.05) is 19.6 Å². The molecule has 3 atom stereocenters. The second kappa shape index (κ2) is 6.05. The number of amides is 1. The number of aliphatic hydroxyl groups is 1. The summed E-state index contributed by atoms with van der Waals surface area (Å²) in [5.74, 6) is 0. The van der Waals surface area contributed by atoms with Gasteiger partial charge in [-0.2, -0.15) is 0 Å². The number of hydrogen-bond donors (Lipinski definition) is 1.